The van der Waals surface area contributed by atoms with E-state index in [0.29, 0.717) is 23.9 Å². The molecule has 0 spiro atoms. The van der Waals surface area contributed by atoms with Crippen molar-refractivity contribution in [1.29, 1.82) is 0 Å². The molecule has 2 heterocycles. The van der Waals surface area contributed by atoms with Crippen LogP contribution in [0.3, 0.4) is 0 Å². The van der Waals surface area contributed by atoms with Gasteiger partial charge in [-0.15, -0.1) is 11.3 Å². The molecule has 1 atom stereocenters. The number of hydrogen-bond acceptors (Lipinski definition) is 3. The molecule has 0 bridgehead atoms. The number of hydrogen-bond donors (Lipinski definition) is 1. The van der Waals surface area contributed by atoms with Gasteiger partial charge < -0.3 is 10.2 Å². The minimum atomic E-state index is 0.115. The predicted octanol–water partition coefficient (Wildman–Crippen LogP) is 3.68. The summed E-state index contributed by atoms with van der Waals surface area (Å²) in [7, 11) is 0. The van der Waals surface area contributed by atoms with Gasteiger partial charge >= 0.3 is 0 Å². The molecule has 4 heteroatoms. The molecule has 1 saturated heterocycles. The molecule has 1 aliphatic heterocycles. The molecule has 1 N–H and O–H groups in total. The lowest BCUT2D eigenvalue weighted by Crippen LogP contribution is -2.47. The fourth-order valence-electron chi connectivity index (χ4n) is 2.96. The number of nitrogens with one attached hydrogen (secondary N) is 1. The van der Waals surface area contributed by atoms with Crippen LogP contribution in [0.4, 0.5) is 0 Å². The summed E-state index contributed by atoms with van der Waals surface area (Å²) in [5, 5.41) is 5.97. The Hall–Kier alpha value is -0.870. The monoisotopic (exact) mass is 308 g/mol. The fourth-order valence-corrected chi connectivity index (χ4v) is 3.92. The van der Waals surface area contributed by atoms with E-state index in [1.54, 1.807) is 0 Å². The molecule has 21 heavy (non-hydrogen) atoms. The maximum absolute atomic E-state index is 12.0. The van der Waals surface area contributed by atoms with Crippen LogP contribution in [0.1, 0.15) is 51.5 Å². The molecule has 0 aromatic carbocycles. The van der Waals surface area contributed by atoms with Gasteiger partial charge in [-0.2, -0.15) is 0 Å². The summed E-state index contributed by atoms with van der Waals surface area (Å²) in [6.07, 6.45) is 2.13. The molecule has 0 radical (unpaired) electrons. The van der Waals surface area contributed by atoms with E-state index in [1.165, 1.54) is 4.88 Å². The zero-order valence-corrected chi connectivity index (χ0v) is 14.5. The highest BCUT2D eigenvalue weighted by Gasteiger charge is 2.27. The van der Waals surface area contributed by atoms with Gasteiger partial charge in [-0.25, -0.2) is 0 Å². The van der Waals surface area contributed by atoms with Crippen LogP contribution in [0.25, 0.3) is 0 Å². The number of rotatable bonds is 5. The lowest BCUT2D eigenvalue weighted by molar-refractivity contribution is -0.135. The van der Waals surface area contributed by atoms with Gasteiger partial charge in [-0.3, -0.25) is 4.79 Å². The van der Waals surface area contributed by atoms with Crippen LogP contribution in [-0.2, 0) is 4.79 Å². The standard InChI is InChI=1S/C17H28N2OS/c1-12(2)16(15-6-5-11-21-15)18-14-7-9-19(10-8-14)17(20)13(3)4/h5-6,11-14,16,18H,7-10H2,1-4H3. The van der Waals surface area contributed by atoms with Crippen LogP contribution in [0, 0.1) is 11.8 Å². The minimum Gasteiger partial charge on any atom is -0.342 e. The van der Waals surface area contributed by atoms with Gasteiger partial charge in [0.15, 0.2) is 0 Å². The van der Waals surface area contributed by atoms with Crippen LogP contribution in [0.5, 0.6) is 0 Å². The van der Waals surface area contributed by atoms with E-state index < -0.39 is 0 Å². The third-order valence-corrected chi connectivity index (χ3v) is 5.19. The van der Waals surface area contributed by atoms with Gasteiger partial charge in [0.05, 0.1) is 0 Å². The Morgan fingerprint density at radius 3 is 2.43 bits per heavy atom. The molecular formula is C17H28N2OS. The molecule has 1 unspecified atom stereocenters. The summed E-state index contributed by atoms with van der Waals surface area (Å²) in [5.74, 6) is 0.995. The second kappa shape index (κ2) is 7.41. The van der Waals surface area contributed by atoms with Crippen molar-refractivity contribution >= 4 is 17.2 Å². The first-order valence-electron chi connectivity index (χ1n) is 8.07. The van der Waals surface area contributed by atoms with E-state index in [4.69, 9.17) is 0 Å². The number of piperidine rings is 1. The number of nitrogens with zero attached hydrogens (tertiary/aromatic N) is 1. The molecule has 0 aliphatic carbocycles. The van der Waals surface area contributed by atoms with E-state index in [9.17, 15) is 4.79 Å². The van der Waals surface area contributed by atoms with Gasteiger partial charge in [0.1, 0.15) is 0 Å². The summed E-state index contributed by atoms with van der Waals surface area (Å²) in [6, 6.07) is 5.30. The second-order valence-corrected chi connectivity index (χ2v) is 7.64. The van der Waals surface area contributed by atoms with Crippen molar-refractivity contribution in [3.05, 3.63) is 22.4 Å². The Morgan fingerprint density at radius 1 is 1.29 bits per heavy atom. The molecule has 1 aliphatic rings. The number of amides is 1. The first-order valence-corrected chi connectivity index (χ1v) is 8.95. The average molecular weight is 308 g/mol. The van der Waals surface area contributed by atoms with Crippen molar-refractivity contribution in [1.82, 2.24) is 10.2 Å². The van der Waals surface area contributed by atoms with Gasteiger partial charge in [-0.05, 0) is 30.2 Å². The second-order valence-electron chi connectivity index (χ2n) is 6.66. The lowest BCUT2D eigenvalue weighted by atomic mass is 9.97. The molecule has 1 aromatic heterocycles. The predicted molar refractivity (Wildman–Crippen MR) is 89.5 cm³/mol. The molecular weight excluding hydrogens is 280 g/mol. The number of carbonyl (C=O) groups is 1. The maximum atomic E-state index is 12.0. The zero-order valence-electron chi connectivity index (χ0n) is 13.6. The van der Waals surface area contributed by atoms with Crippen molar-refractivity contribution in [2.24, 2.45) is 11.8 Å². The zero-order chi connectivity index (χ0) is 15.4. The first-order chi connectivity index (χ1) is 9.99. The average Bonchev–Trinajstić information content (AvgIpc) is 2.98. The van der Waals surface area contributed by atoms with E-state index in [-0.39, 0.29) is 5.92 Å². The molecule has 2 rings (SSSR count). The van der Waals surface area contributed by atoms with Crippen molar-refractivity contribution in [2.45, 2.75) is 52.6 Å². The van der Waals surface area contributed by atoms with E-state index >= 15 is 0 Å². The van der Waals surface area contributed by atoms with Crippen LogP contribution in [-0.4, -0.2) is 29.9 Å². The Bertz CT molecular complexity index is 434. The van der Waals surface area contributed by atoms with Crippen LogP contribution >= 0.6 is 11.3 Å². The molecule has 1 fully saturated rings. The highest BCUT2D eigenvalue weighted by molar-refractivity contribution is 7.10. The Labute approximate surface area is 132 Å². The van der Waals surface area contributed by atoms with Gasteiger partial charge in [-0.1, -0.05) is 33.8 Å². The van der Waals surface area contributed by atoms with Gasteiger partial charge in [0, 0.05) is 36.0 Å². The van der Waals surface area contributed by atoms with Crippen LogP contribution < -0.4 is 5.32 Å². The first kappa shape index (κ1) is 16.5. The third-order valence-electron chi connectivity index (χ3n) is 4.23. The topological polar surface area (TPSA) is 32.3 Å². The Balaban J connectivity index is 1.89. The highest BCUT2D eigenvalue weighted by atomic mass is 32.1. The van der Waals surface area contributed by atoms with E-state index in [1.807, 2.05) is 30.1 Å². The Kier molecular flexibility index (Phi) is 5.82. The third kappa shape index (κ3) is 4.30. The normalized spacial score (nSPS) is 18.5. The quantitative estimate of drug-likeness (QED) is 0.900. The SMILES string of the molecule is CC(C)C(=O)N1CCC(NC(c2cccs2)C(C)C)CC1. The summed E-state index contributed by atoms with van der Waals surface area (Å²) in [6.45, 7) is 10.3. The molecule has 0 saturated carbocycles. The lowest BCUT2D eigenvalue weighted by Gasteiger charge is -2.36. The molecule has 1 aromatic rings. The van der Waals surface area contributed by atoms with Gasteiger partial charge in [0.25, 0.3) is 0 Å². The van der Waals surface area contributed by atoms with E-state index in [2.05, 4.69) is 36.7 Å². The minimum absolute atomic E-state index is 0.115. The van der Waals surface area contributed by atoms with Crippen molar-refractivity contribution < 1.29 is 4.79 Å². The van der Waals surface area contributed by atoms with Crippen LogP contribution in [0.15, 0.2) is 17.5 Å². The summed E-state index contributed by atoms with van der Waals surface area (Å²) < 4.78 is 0. The number of carbonyl (C=O) groups excluding carboxylic acids is 1. The molecule has 118 valence electrons. The smallest absolute Gasteiger partial charge is 0.225 e. The number of likely N-dealkylation sites (tertiary alicyclic amines) is 1. The summed E-state index contributed by atoms with van der Waals surface area (Å²) in [4.78, 5) is 15.5. The molecule has 3 nitrogen and oxygen atoms in total. The molecule has 1 amide bonds. The Morgan fingerprint density at radius 2 is 1.95 bits per heavy atom. The fraction of sp³-hybridized carbons (Fsp3) is 0.706. The summed E-state index contributed by atoms with van der Waals surface area (Å²) >= 11 is 1.83. The van der Waals surface area contributed by atoms with Crippen LogP contribution in [0.2, 0.25) is 0 Å². The number of thiophene rings is 1. The van der Waals surface area contributed by atoms with Crippen molar-refractivity contribution in [3.8, 4) is 0 Å². The van der Waals surface area contributed by atoms with Gasteiger partial charge in [0.2, 0.25) is 5.91 Å². The van der Waals surface area contributed by atoms with Crippen molar-refractivity contribution in [3.63, 3.8) is 0 Å². The largest absolute Gasteiger partial charge is 0.342 e. The van der Waals surface area contributed by atoms with Crippen molar-refractivity contribution in [2.75, 3.05) is 13.1 Å². The highest BCUT2D eigenvalue weighted by Crippen LogP contribution is 2.27. The summed E-state index contributed by atoms with van der Waals surface area (Å²) in [5.41, 5.74) is 0. The van der Waals surface area contributed by atoms with E-state index in [0.717, 1.165) is 25.9 Å². The maximum Gasteiger partial charge on any atom is 0.225 e.